The molecule has 2 nitrogen and oxygen atoms in total. The molecular weight excluding hydrogens is 188 g/mol. The number of aliphatic hydroxyl groups excluding tert-OH is 1. The highest BCUT2D eigenvalue weighted by atomic mass is 16.3. The Balaban J connectivity index is 2.77. The molecule has 0 amide bonds. The molecular formula is C13H16O2. The number of hydrogen-bond donors (Lipinski definition) is 1. The third kappa shape index (κ3) is 3.03. The van der Waals surface area contributed by atoms with Crippen molar-refractivity contribution in [3.63, 3.8) is 0 Å². The maximum Gasteiger partial charge on any atom is 0.161 e. The lowest BCUT2D eigenvalue weighted by atomic mass is 9.93. The molecule has 0 saturated heterocycles. The summed E-state index contributed by atoms with van der Waals surface area (Å²) in [5.74, 6) is -0.447. The van der Waals surface area contributed by atoms with Crippen molar-refractivity contribution >= 4 is 5.78 Å². The second-order valence-electron chi connectivity index (χ2n) is 3.55. The van der Waals surface area contributed by atoms with E-state index in [1.165, 1.54) is 6.08 Å². The molecule has 0 radical (unpaired) electrons. The van der Waals surface area contributed by atoms with Crippen molar-refractivity contribution < 1.29 is 9.90 Å². The van der Waals surface area contributed by atoms with Crippen LogP contribution in [0.25, 0.3) is 0 Å². The first-order valence-electron chi connectivity index (χ1n) is 5.06. The highest BCUT2D eigenvalue weighted by Gasteiger charge is 2.20. The summed E-state index contributed by atoms with van der Waals surface area (Å²) in [5.41, 5.74) is 0.780. The van der Waals surface area contributed by atoms with Crippen molar-refractivity contribution in [3.8, 4) is 0 Å². The molecule has 0 saturated carbocycles. The molecule has 0 aliphatic rings. The Labute approximate surface area is 90.3 Å². The van der Waals surface area contributed by atoms with Gasteiger partial charge in [0, 0.05) is 5.92 Å². The van der Waals surface area contributed by atoms with Crippen LogP contribution in [-0.4, -0.2) is 10.9 Å². The number of carbonyl (C=O) groups is 1. The first-order chi connectivity index (χ1) is 7.16. The predicted molar refractivity (Wildman–Crippen MR) is 60.4 cm³/mol. The van der Waals surface area contributed by atoms with Crippen LogP contribution in [-0.2, 0) is 4.79 Å². The highest BCUT2D eigenvalue weighted by molar-refractivity contribution is 5.91. The zero-order chi connectivity index (χ0) is 11.3. The number of ketones is 1. The number of rotatable bonds is 4. The lowest BCUT2D eigenvalue weighted by Crippen LogP contribution is -2.17. The molecule has 2 heteroatoms. The molecule has 1 aromatic rings. The molecule has 80 valence electrons. The average molecular weight is 204 g/mol. The topological polar surface area (TPSA) is 37.3 Å². The Morgan fingerprint density at radius 2 is 1.93 bits per heavy atom. The second kappa shape index (κ2) is 5.47. The van der Waals surface area contributed by atoms with Crippen LogP contribution in [0.2, 0.25) is 0 Å². The molecule has 0 aromatic heterocycles. The molecule has 1 rings (SSSR count). The van der Waals surface area contributed by atoms with Gasteiger partial charge >= 0.3 is 0 Å². The van der Waals surface area contributed by atoms with Crippen LogP contribution in [0.4, 0.5) is 0 Å². The quantitative estimate of drug-likeness (QED) is 0.765. The lowest BCUT2D eigenvalue weighted by molar-refractivity contribution is -0.121. The zero-order valence-corrected chi connectivity index (χ0v) is 9.05. The van der Waals surface area contributed by atoms with E-state index in [0.29, 0.717) is 0 Å². The van der Waals surface area contributed by atoms with E-state index in [-0.39, 0.29) is 5.78 Å². The molecule has 0 aliphatic carbocycles. The van der Waals surface area contributed by atoms with E-state index < -0.39 is 12.0 Å². The number of hydrogen-bond acceptors (Lipinski definition) is 2. The summed E-state index contributed by atoms with van der Waals surface area (Å²) < 4.78 is 0. The summed E-state index contributed by atoms with van der Waals surface area (Å²) in [7, 11) is 0. The third-order valence-electron chi connectivity index (χ3n) is 2.39. The van der Waals surface area contributed by atoms with Gasteiger partial charge in [-0.2, -0.15) is 0 Å². The standard InChI is InChI=1S/C13H16O2/c1-3-7-12(14)10(2)13(15)11-8-5-4-6-9-11/h3-10,13,15H,1-2H3/b7-3+/t10-,13-/m0/s1. The number of aliphatic hydroxyl groups is 1. The van der Waals surface area contributed by atoms with E-state index in [4.69, 9.17) is 0 Å². The maximum absolute atomic E-state index is 11.5. The third-order valence-corrected chi connectivity index (χ3v) is 2.39. The Morgan fingerprint density at radius 3 is 2.47 bits per heavy atom. The van der Waals surface area contributed by atoms with Crippen LogP contribution in [0, 0.1) is 5.92 Å². The minimum atomic E-state index is -0.727. The van der Waals surface area contributed by atoms with E-state index in [1.807, 2.05) is 30.3 Å². The van der Waals surface area contributed by atoms with Gasteiger partial charge < -0.3 is 5.11 Å². The van der Waals surface area contributed by atoms with Crippen LogP contribution >= 0.6 is 0 Å². The van der Waals surface area contributed by atoms with Crippen molar-refractivity contribution in [2.75, 3.05) is 0 Å². The van der Waals surface area contributed by atoms with Crippen molar-refractivity contribution in [2.45, 2.75) is 20.0 Å². The van der Waals surface area contributed by atoms with E-state index in [1.54, 1.807) is 19.9 Å². The Kier molecular flexibility index (Phi) is 4.25. The summed E-state index contributed by atoms with van der Waals surface area (Å²) >= 11 is 0. The van der Waals surface area contributed by atoms with Gasteiger partial charge in [0.2, 0.25) is 0 Å². The Bertz CT molecular complexity index is 341. The minimum Gasteiger partial charge on any atom is -0.388 e. The number of benzene rings is 1. The van der Waals surface area contributed by atoms with Crippen LogP contribution in [0.15, 0.2) is 42.5 Å². The smallest absolute Gasteiger partial charge is 0.161 e. The van der Waals surface area contributed by atoms with Crippen LogP contribution in [0.1, 0.15) is 25.5 Å². The van der Waals surface area contributed by atoms with Gasteiger partial charge in [0.25, 0.3) is 0 Å². The van der Waals surface area contributed by atoms with E-state index >= 15 is 0 Å². The van der Waals surface area contributed by atoms with Gasteiger partial charge in [0.05, 0.1) is 6.10 Å². The van der Waals surface area contributed by atoms with Gasteiger partial charge in [-0.05, 0) is 18.6 Å². The van der Waals surface area contributed by atoms with Crippen LogP contribution in [0.5, 0.6) is 0 Å². The fourth-order valence-corrected chi connectivity index (χ4v) is 1.41. The molecule has 0 bridgehead atoms. The normalized spacial score (nSPS) is 15.1. The average Bonchev–Trinajstić information content (AvgIpc) is 2.28. The molecule has 2 atom stereocenters. The molecule has 0 aliphatic heterocycles. The monoisotopic (exact) mass is 204 g/mol. The molecule has 0 heterocycles. The van der Waals surface area contributed by atoms with Crippen molar-refractivity contribution in [1.29, 1.82) is 0 Å². The lowest BCUT2D eigenvalue weighted by Gasteiger charge is -2.16. The van der Waals surface area contributed by atoms with Gasteiger partial charge in [-0.1, -0.05) is 43.3 Å². The molecule has 0 spiro atoms. The van der Waals surface area contributed by atoms with Crippen LogP contribution in [0.3, 0.4) is 0 Å². The molecule has 0 fully saturated rings. The zero-order valence-electron chi connectivity index (χ0n) is 9.05. The molecule has 0 unspecified atom stereocenters. The number of allylic oxidation sites excluding steroid dienone is 2. The maximum atomic E-state index is 11.5. The van der Waals surface area contributed by atoms with Crippen molar-refractivity contribution in [3.05, 3.63) is 48.0 Å². The summed E-state index contributed by atoms with van der Waals surface area (Å²) in [6, 6.07) is 9.24. The molecule has 15 heavy (non-hydrogen) atoms. The fourth-order valence-electron chi connectivity index (χ4n) is 1.41. The Hall–Kier alpha value is -1.41. The predicted octanol–water partition coefficient (Wildman–Crippen LogP) is 2.50. The van der Waals surface area contributed by atoms with E-state index in [0.717, 1.165) is 5.56 Å². The van der Waals surface area contributed by atoms with Gasteiger partial charge in [0.15, 0.2) is 5.78 Å². The van der Waals surface area contributed by atoms with Crippen molar-refractivity contribution in [1.82, 2.24) is 0 Å². The Morgan fingerprint density at radius 1 is 1.33 bits per heavy atom. The largest absolute Gasteiger partial charge is 0.388 e. The van der Waals surface area contributed by atoms with Crippen LogP contribution < -0.4 is 0 Å². The summed E-state index contributed by atoms with van der Waals surface area (Å²) in [4.78, 5) is 11.5. The fraction of sp³-hybridized carbons (Fsp3) is 0.308. The van der Waals surface area contributed by atoms with Gasteiger partial charge in [-0.3, -0.25) is 4.79 Å². The summed E-state index contributed by atoms with van der Waals surface area (Å²) in [6.45, 7) is 3.53. The second-order valence-corrected chi connectivity index (χ2v) is 3.55. The SMILES string of the molecule is C/C=C/C(=O)[C@H](C)[C@H](O)c1ccccc1. The van der Waals surface area contributed by atoms with E-state index in [2.05, 4.69) is 0 Å². The first kappa shape index (κ1) is 11.7. The van der Waals surface area contributed by atoms with E-state index in [9.17, 15) is 9.90 Å². The van der Waals surface area contributed by atoms with Gasteiger partial charge in [-0.15, -0.1) is 0 Å². The summed E-state index contributed by atoms with van der Waals surface area (Å²) in [5, 5.41) is 9.93. The first-order valence-corrected chi connectivity index (χ1v) is 5.06. The highest BCUT2D eigenvalue weighted by Crippen LogP contribution is 2.22. The summed E-state index contributed by atoms with van der Waals surface area (Å²) in [6.07, 6.45) is 2.46. The number of carbonyl (C=O) groups excluding carboxylic acids is 1. The minimum absolute atomic E-state index is 0.0474. The van der Waals surface area contributed by atoms with Gasteiger partial charge in [-0.25, -0.2) is 0 Å². The molecule has 1 aromatic carbocycles. The van der Waals surface area contributed by atoms with Crippen molar-refractivity contribution in [2.24, 2.45) is 5.92 Å². The van der Waals surface area contributed by atoms with Gasteiger partial charge in [0.1, 0.15) is 0 Å². The molecule has 1 N–H and O–H groups in total.